The first-order chi connectivity index (χ1) is 9.19. The molecule has 0 radical (unpaired) electrons. The fourth-order valence-electron chi connectivity index (χ4n) is 1.55. The summed E-state index contributed by atoms with van der Waals surface area (Å²) in [6.07, 6.45) is 0.654. The van der Waals surface area contributed by atoms with Gasteiger partial charge in [0.05, 0.1) is 11.6 Å². The van der Waals surface area contributed by atoms with Gasteiger partial charge in [-0.1, -0.05) is 23.7 Å². The monoisotopic (exact) mass is 286 g/mol. The first kappa shape index (κ1) is 15.8. The van der Waals surface area contributed by atoms with Crippen molar-refractivity contribution < 1.29 is 14.3 Å². The molecule has 0 saturated heterocycles. The molecule has 1 rings (SSSR count). The van der Waals surface area contributed by atoms with Crippen molar-refractivity contribution in [1.82, 2.24) is 5.32 Å². The average molecular weight is 287 g/mol. The quantitative estimate of drug-likeness (QED) is 0.699. The molecule has 0 atom stereocenters. The van der Waals surface area contributed by atoms with Crippen molar-refractivity contribution in [3.05, 3.63) is 28.8 Å². The maximum absolute atomic E-state index is 11.5. The third-order valence-electron chi connectivity index (χ3n) is 2.44. The number of para-hydroxylation sites is 1. The number of benzene rings is 1. The Bertz CT molecular complexity index is 413. The minimum Gasteiger partial charge on any atom is -0.482 e. The Hall–Kier alpha value is -1.30. The van der Waals surface area contributed by atoms with Gasteiger partial charge in [-0.3, -0.25) is 4.79 Å². The molecule has 0 aliphatic carbocycles. The lowest BCUT2D eigenvalue weighted by molar-refractivity contribution is -0.123. The number of amides is 1. The van der Waals surface area contributed by atoms with E-state index in [0.29, 0.717) is 36.9 Å². The number of halogens is 1. The second kappa shape index (κ2) is 8.74. The average Bonchev–Trinajstić information content (AvgIpc) is 2.39. The van der Waals surface area contributed by atoms with Crippen molar-refractivity contribution >= 4 is 17.5 Å². The highest BCUT2D eigenvalue weighted by atomic mass is 35.5. The Kier molecular flexibility index (Phi) is 7.25. The molecule has 5 nitrogen and oxygen atoms in total. The van der Waals surface area contributed by atoms with Gasteiger partial charge < -0.3 is 20.5 Å². The summed E-state index contributed by atoms with van der Waals surface area (Å²) in [4.78, 5) is 11.5. The number of rotatable bonds is 8. The van der Waals surface area contributed by atoms with E-state index in [9.17, 15) is 4.79 Å². The Labute approximate surface area is 118 Å². The first-order valence-electron chi connectivity index (χ1n) is 6.05. The molecule has 0 saturated carbocycles. The normalized spacial score (nSPS) is 10.3. The van der Waals surface area contributed by atoms with Crippen molar-refractivity contribution in [2.75, 3.05) is 33.4 Å². The summed E-state index contributed by atoms with van der Waals surface area (Å²) in [5.74, 6) is 0.312. The fourth-order valence-corrected chi connectivity index (χ4v) is 1.80. The van der Waals surface area contributed by atoms with Crippen LogP contribution in [0, 0.1) is 0 Å². The summed E-state index contributed by atoms with van der Waals surface area (Å²) in [6, 6.07) is 5.44. The van der Waals surface area contributed by atoms with Gasteiger partial charge in [-0.25, -0.2) is 0 Å². The highest BCUT2D eigenvalue weighted by Crippen LogP contribution is 2.28. The Morgan fingerprint density at radius 2 is 2.26 bits per heavy atom. The molecule has 106 valence electrons. The van der Waals surface area contributed by atoms with Gasteiger partial charge in [-0.2, -0.15) is 0 Å². The van der Waals surface area contributed by atoms with Crippen LogP contribution in [0.1, 0.15) is 5.56 Å². The maximum atomic E-state index is 11.5. The number of nitrogens with two attached hydrogens (primary N) is 1. The largest absolute Gasteiger partial charge is 0.482 e. The molecule has 19 heavy (non-hydrogen) atoms. The highest BCUT2D eigenvalue weighted by molar-refractivity contribution is 6.32. The van der Waals surface area contributed by atoms with Gasteiger partial charge in [0.2, 0.25) is 0 Å². The van der Waals surface area contributed by atoms with Gasteiger partial charge in [0.25, 0.3) is 5.91 Å². The van der Waals surface area contributed by atoms with Gasteiger partial charge in [-0.05, 0) is 24.6 Å². The van der Waals surface area contributed by atoms with E-state index in [1.54, 1.807) is 13.2 Å². The minimum atomic E-state index is -0.212. The molecule has 3 N–H and O–H groups in total. The van der Waals surface area contributed by atoms with Gasteiger partial charge in [0.15, 0.2) is 6.61 Å². The van der Waals surface area contributed by atoms with Crippen LogP contribution in [-0.2, 0) is 16.0 Å². The smallest absolute Gasteiger partial charge is 0.258 e. The number of ether oxygens (including phenoxy) is 2. The lowest BCUT2D eigenvalue weighted by Gasteiger charge is -2.12. The second-order valence-corrected chi connectivity index (χ2v) is 4.31. The van der Waals surface area contributed by atoms with Gasteiger partial charge in [0.1, 0.15) is 5.75 Å². The van der Waals surface area contributed by atoms with Gasteiger partial charge in [-0.15, -0.1) is 0 Å². The van der Waals surface area contributed by atoms with E-state index in [1.165, 1.54) is 0 Å². The van der Waals surface area contributed by atoms with Gasteiger partial charge >= 0.3 is 0 Å². The Morgan fingerprint density at radius 1 is 1.47 bits per heavy atom. The van der Waals surface area contributed by atoms with Crippen molar-refractivity contribution in [3.8, 4) is 5.75 Å². The summed E-state index contributed by atoms with van der Waals surface area (Å²) < 4.78 is 10.3. The van der Waals surface area contributed by atoms with E-state index in [4.69, 9.17) is 26.8 Å². The van der Waals surface area contributed by atoms with Crippen molar-refractivity contribution in [2.45, 2.75) is 6.42 Å². The number of carbonyl (C=O) groups excluding carboxylic acids is 1. The molecule has 0 aromatic heterocycles. The molecule has 0 unspecified atom stereocenters. The molecule has 1 aromatic rings. The van der Waals surface area contributed by atoms with Crippen LogP contribution in [-0.4, -0.2) is 39.3 Å². The molecular weight excluding hydrogens is 268 g/mol. The molecule has 0 bridgehead atoms. The molecule has 0 heterocycles. The SMILES string of the molecule is COCCNC(=O)COc1c(Cl)cccc1CCN. The molecular formula is C13H19ClN2O3. The molecule has 0 fully saturated rings. The zero-order valence-corrected chi connectivity index (χ0v) is 11.7. The van der Waals surface area contributed by atoms with Crippen LogP contribution in [0.4, 0.5) is 0 Å². The lowest BCUT2D eigenvalue weighted by Crippen LogP contribution is -2.31. The number of hydrogen-bond acceptors (Lipinski definition) is 4. The predicted molar refractivity (Wildman–Crippen MR) is 74.6 cm³/mol. The zero-order valence-electron chi connectivity index (χ0n) is 10.9. The van der Waals surface area contributed by atoms with Crippen molar-refractivity contribution in [3.63, 3.8) is 0 Å². The molecule has 0 spiro atoms. The van der Waals surface area contributed by atoms with E-state index in [2.05, 4.69) is 5.32 Å². The van der Waals surface area contributed by atoms with Crippen LogP contribution < -0.4 is 15.8 Å². The van der Waals surface area contributed by atoms with Crippen LogP contribution in [0.15, 0.2) is 18.2 Å². The minimum absolute atomic E-state index is 0.0784. The topological polar surface area (TPSA) is 73.6 Å². The molecule has 1 aromatic carbocycles. The van der Waals surface area contributed by atoms with Crippen LogP contribution >= 0.6 is 11.6 Å². The lowest BCUT2D eigenvalue weighted by atomic mass is 10.1. The zero-order chi connectivity index (χ0) is 14.1. The van der Waals surface area contributed by atoms with Crippen LogP contribution in [0.25, 0.3) is 0 Å². The summed E-state index contributed by atoms with van der Waals surface area (Å²) in [5.41, 5.74) is 6.43. The summed E-state index contributed by atoms with van der Waals surface area (Å²) in [5, 5.41) is 3.15. The maximum Gasteiger partial charge on any atom is 0.258 e. The summed E-state index contributed by atoms with van der Waals surface area (Å²) >= 11 is 6.06. The molecule has 1 amide bonds. The highest BCUT2D eigenvalue weighted by Gasteiger charge is 2.10. The van der Waals surface area contributed by atoms with Crippen LogP contribution in [0.3, 0.4) is 0 Å². The van der Waals surface area contributed by atoms with Crippen LogP contribution in [0.5, 0.6) is 5.75 Å². The summed E-state index contributed by atoms with van der Waals surface area (Å²) in [6.45, 7) is 1.34. The van der Waals surface area contributed by atoms with Crippen molar-refractivity contribution in [2.24, 2.45) is 5.73 Å². The fraction of sp³-hybridized carbons (Fsp3) is 0.462. The second-order valence-electron chi connectivity index (χ2n) is 3.90. The van der Waals surface area contributed by atoms with E-state index < -0.39 is 0 Å². The predicted octanol–water partition coefficient (Wildman–Crippen LogP) is 0.983. The number of methoxy groups -OCH3 is 1. The third kappa shape index (κ3) is 5.46. The Balaban J connectivity index is 2.54. The molecule has 6 heteroatoms. The Morgan fingerprint density at radius 3 is 2.95 bits per heavy atom. The van der Waals surface area contributed by atoms with Gasteiger partial charge in [0, 0.05) is 13.7 Å². The van der Waals surface area contributed by atoms with E-state index in [0.717, 1.165) is 5.56 Å². The van der Waals surface area contributed by atoms with Crippen molar-refractivity contribution in [1.29, 1.82) is 0 Å². The third-order valence-corrected chi connectivity index (χ3v) is 2.74. The number of nitrogens with one attached hydrogen (secondary N) is 1. The number of hydrogen-bond donors (Lipinski definition) is 2. The van der Waals surface area contributed by atoms with E-state index in [-0.39, 0.29) is 12.5 Å². The van der Waals surface area contributed by atoms with E-state index >= 15 is 0 Å². The van der Waals surface area contributed by atoms with Crippen LogP contribution in [0.2, 0.25) is 5.02 Å². The standard InChI is InChI=1S/C13H19ClN2O3/c1-18-8-7-16-12(17)9-19-13-10(5-6-15)3-2-4-11(13)14/h2-4H,5-9,15H2,1H3,(H,16,17). The first-order valence-corrected chi connectivity index (χ1v) is 6.42. The molecule has 0 aliphatic heterocycles. The molecule has 0 aliphatic rings. The number of carbonyl (C=O) groups is 1. The summed E-state index contributed by atoms with van der Waals surface area (Å²) in [7, 11) is 1.57. The van der Waals surface area contributed by atoms with E-state index in [1.807, 2.05) is 12.1 Å².